The van der Waals surface area contributed by atoms with E-state index in [4.69, 9.17) is 5.73 Å². The van der Waals surface area contributed by atoms with Gasteiger partial charge in [0.25, 0.3) is 5.91 Å². The van der Waals surface area contributed by atoms with E-state index in [2.05, 4.69) is 19.2 Å². The number of amides is 1. The van der Waals surface area contributed by atoms with E-state index < -0.39 is 23.1 Å². The van der Waals surface area contributed by atoms with Crippen LogP contribution in [0.15, 0.2) is 12.1 Å². The Hall–Kier alpha value is -1.65. The third-order valence-corrected chi connectivity index (χ3v) is 2.90. The first-order valence-electron chi connectivity index (χ1n) is 6.37. The predicted molar refractivity (Wildman–Crippen MR) is 71.8 cm³/mol. The smallest absolute Gasteiger partial charge is 0.257 e. The van der Waals surface area contributed by atoms with Crippen molar-refractivity contribution in [1.29, 1.82) is 0 Å². The molecule has 1 aromatic rings. The largest absolute Gasteiger partial charge is 0.396 e. The number of rotatable bonds is 5. The van der Waals surface area contributed by atoms with Gasteiger partial charge in [-0.2, -0.15) is 0 Å². The number of carbonyl (C=O) groups is 1. The number of anilines is 1. The van der Waals surface area contributed by atoms with Gasteiger partial charge in [-0.3, -0.25) is 4.79 Å². The van der Waals surface area contributed by atoms with Crippen molar-refractivity contribution < 1.29 is 13.6 Å². The second-order valence-electron chi connectivity index (χ2n) is 5.17. The molecule has 1 unspecified atom stereocenters. The first-order chi connectivity index (χ1) is 8.82. The normalized spacial score (nSPS) is 12.5. The molecule has 0 aliphatic rings. The number of benzene rings is 1. The van der Waals surface area contributed by atoms with E-state index in [1.165, 1.54) is 0 Å². The van der Waals surface area contributed by atoms with Gasteiger partial charge in [0, 0.05) is 6.04 Å². The maximum absolute atomic E-state index is 13.7. The number of nitrogen functional groups attached to an aromatic ring is 1. The number of nitrogens with two attached hydrogens (primary N) is 1. The van der Waals surface area contributed by atoms with Crippen molar-refractivity contribution in [2.45, 2.75) is 39.7 Å². The fourth-order valence-corrected chi connectivity index (χ4v) is 1.73. The molecule has 1 rings (SSSR count). The lowest BCUT2D eigenvalue weighted by Crippen LogP contribution is -2.34. The Morgan fingerprint density at radius 3 is 2.47 bits per heavy atom. The van der Waals surface area contributed by atoms with Crippen LogP contribution in [0.25, 0.3) is 0 Å². The summed E-state index contributed by atoms with van der Waals surface area (Å²) in [5.74, 6) is -2.16. The summed E-state index contributed by atoms with van der Waals surface area (Å²) in [5, 5.41) is 2.59. The summed E-state index contributed by atoms with van der Waals surface area (Å²) in [6, 6.07) is 1.95. The fraction of sp³-hybridized carbons (Fsp3) is 0.500. The van der Waals surface area contributed by atoms with Crippen LogP contribution >= 0.6 is 0 Å². The summed E-state index contributed by atoms with van der Waals surface area (Å²) in [4.78, 5) is 11.8. The predicted octanol–water partition coefficient (Wildman–Crippen LogP) is 3.10. The van der Waals surface area contributed by atoms with Gasteiger partial charge >= 0.3 is 0 Å². The molecule has 0 saturated carbocycles. The number of nitrogens with one attached hydrogen (secondary N) is 1. The molecule has 0 fully saturated rings. The Kier molecular flexibility index (Phi) is 5.27. The average Bonchev–Trinajstić information content (AvgIpc) is 2.32. The van der Waals surface area contributed by atoms with Gasteiger partial charge in [-0.15, -0.1) is 0 Å². The van der Waals surface area contributed by atoms with Crippen LogP contribution in [0.1, 0.15) is 44.0 Å². The molecule has 0 radical (unpaired) electrons. The van der Waals surface area contributed by atoms with Crippen LogP contribution in [-0.2, 0) is 0 Å². The highest BCUT2D eigenvalue weighted by Crippen LogP contribution is 2.19. The molecular formula is C14H20F2N2O. The number of hydrogen-bond acceptors (Lipinski definition) is 2. The quantitative estimate of drug-likeness (QED) is 0.808. The molecule has 0 aliphatic carbocycles. The number of halogens is 2. The lowest BCUT2D eigenvalue weighted by molar-refractivity contribution is 0.0929. The lowest BCUT2D eigenvalue weighted by Gasteiger charge is -2.16. The lowest BCUT2D eigenvalue weighted by atomic mass is 10.0. The van der Waals surface area contributed by atoms with Crippen molar-refractivity contribution in [2.75, 3.05) is 5.73 Å². The van der Waals surface area contributed by atoms with Gasteiger partial charge in [-0.25, -0.2) is 8.78 Å². The van der Waals surface area contributed by atoms with Gasteiger partial charge in [-0.05, 0) is 37.8 Å². The third kappa shape index (κ3) is 4.19. The van der Waals surface area contributed by atoms with Crippen molar-refractivity contribution in [1.82, 2.24) is 5.32 Å². The minimum Gasteiger partial charge on any atom is -0.396 e. The van der Waals surface area contributed by atoms with Gasteiger partial charge in [0.2, 0.25) is 0 Å². The summed E-state index contributed by atoms with van der Waals surface area (Å²) in [5.41, 5.74) is 4.49. The van der Waals surface area contributed by atoms with E-state index in [-0.39, 0.29) is 11.7 Å². The molecule has 0 aliphatic heterocycles. The Bertz CT molecular complexity index is 461. The Morgan fingerprint density at radius 2 is 1.89 bits per heavy atom. The second kappa shape index (κ2) is 6.50. The monoisotopic (exact) mass is 270 g/mol. The van der Waals surface area contributed by atoms with E-state index in [0.29, 0.717) is 5.92 Å². The molecule has 0 heterocycles. The van der Waals surface area contributed by atoms with Crippen molar-refractivity contribution in [3.8, 4) is 0 Å². The van der Waals surface area contributed by atoms with Gasteiger partial charge in [-0.1, -0.05) is 13.8 Å². The zero-order valence-corrected chi connectivity index (χ0v) is 11.5. The minimum absolute atomic E-state index is 0.143. The van der Waals surface area contributed by atoms with Gasteiger partial charge in [0.15, 0.2) is 5.82 Å². The van der Waals surface area contributed by atoms with Crippen LogP contribution in [0.4, 0.5) is 14.5 Å². The zero-order valence-electron chi connectivity index (χ0n) is 11.5. The molecule has 0 spiro atoms. The van der Waals surface area contributed by atoms with E-state index in [9.17, 15) is 13.6 Å². The molecule has 106 valence electrons. The summed E-state index contributed by atoms with van der Waals surface area (Å²) in [6.45, 7) is 5.96. The average molecular weight is 270 g/mol. The van der Waals surface area contributed by atoms with Crippen LogP contribution in [0.3, 0.4) is 0 Å². The first-order valence-corrected chi connectivity index (χ1v) is 6.37. The maximum atomic E-state index is 13.7. The molecule has 3 N–H and O–H groups in total. The Labute approximate surface area is 112 Å². The van der Waals surface area contributed by atoms with E-state index in [0.717, 1.165) is 25.0 Å². The molecule has 19 heavy (non-hydrogen) atoms. The fourth-order valence-electron chi connectivity index (χ4n) is 1.73. The van der Waals surface area contributed by atoms with Crippen molar-refractivity contribution >= 4 is 11.6 Å². The standard InChI is InChI=1S/C14H20F2N2O/c1-8(2)4-5-9(3)18-14(19)12-10(15)6-7-11(17)13(12)16/h6-9H,4-5,17H2,1-3H3,(H,18,19). The van der Waals surface area contributed by atoms with Gasteiger partial charge < -0.3 is 11.1 Å². The van der Waals surface area contributed by atoms with Crippen LogP contribution in [-0.4, -0.2) is 11.9 Å². The second-order valence-corrected chi connectivity index (χ2v) is 5.17. The summed E-state index contributed by atoms with van der Waals surface area (Å²) >= 11 is 0. The van der Waals surface area contributed by atoms with Crippen LogP contribution in [0.2, 0.25) is 0 Å². The molecule has 1 amide bonds. The summed E-state index contributed by atoms with van der Waals surface area (Å²) < 4.78 is 27.1. The molecule has 3 nitrogen and oxygen atoms in total. The summed E-state index contributed by atoms with van der Waals surface area (Å²) in [7, 11) is 0. The maximum Gasteiger partial charge on any atom is 0.257 e. The molecule has 0 bridgehead atoms. The first kappa shape index (κ1) is 15.4. The van der Waals surface area contributed by atoms with Crippen molar-refractivity contribution in [3.63, 3.8) is 0 Å². The van der Waals surface area contributed by atoms with Crippen molar-refractivity contribution in [2.24, 2.45) is 5.92 Å². The highest BCUT2D eigenvalue weighted by molar-refractivity contribution is 5.95. The number of carbonyl (C=O) groups excluding carboxylic acids is 1. The van der Waals surface area contributed by atoms with Crippen LogP contribution in [0.5, 0.6) is 0 Å². The number of hydrogen-bond donors (Lipinski definition) is 2. The SMILES string of the molecule is CC(C)CCC(C)NC(=O)c1c(F)ccc(N)c1F. The highest BCUT2D eigenvalue weighted by Gasteiger charge is 2.20. The molecule has 0 aromatic heterocycles. The molecule has 1 aromatic carbocycles. The van der Waals surface area contributed by atoms with Gasteiger partial charge in [0.05, 0.1) is 5.69 Å². The minimum atomic E-state index is -1.01. The third-order valence-electron chi connectivity index (χ3n) is 2.90. The molecular weight excluding hydrogens is 250 g/mol. The molecule has 5 heteroatoms. The highest BCUT2D eigenvalue weighted by atomic mass is 19.1. The van der Waals surface area contributed by atoms with Crippen molar-refractivity contribution in [3.05, 3.63) is 29.3 Å². The van der Waals surface area contributed by atoms with E-state index >= 15 is 0 Å². The van der Waals surface area contributed by atoms with Gasteiger partial charge in [0.1, 0.15) is 11.4 Å². The summed E-state index contributed by atoms with van der Waals surface area (Å²) in [6.07, 6.45) is 1.69. The molecule has 0 saturated heterocycles. The molecule has 1 atom stereocenters. The topological polar surface area (TPSA) is 55.1 Å². The Balaban J connectivity index is 2.76. The van der Waals surface area contributed by atoms with E-state index in [1.54, 1.807) is 0 Å². The van der Waals surface area contributed by atoms with Crippen LogP contribution in [0, 0.1) is 17.6 Å². The zero-order chi connectivity index (χ0) is 14.6. The Morgan fingerprint density at radius 1 is 1.26 bits per heavy atom. The van der Waals surface area contributed by atoms with Crippen LogP contribution < -0.4 is 11.1 Å². The van der Waals surface area contributed by atoms with E-state index in [1.807, 2.05) is 6.92 Å².